The topological polar surface area (TPSA) is 71.9 Å². The Hall–Kier alpha value is -2.29. The fourth-order valence-corrected chi connectivity index (χ4v) is 2.03. The van der Waals surface area contributed by atoms with Gasteiger partial charge in [-0.15, -0.1) is 13.2 Å². The molecular weight excluding hydrogens is 351 g/mol. The molecule has 1 aromatic rings. The molecule has 146 valence electrons. The second kappa shape index (κ2) is 9.42. The van der Waals surface area contributed by atoms with Crippen LogP contribution < -0.4 is 20.3 Å². The first-order valence-electron chi connectivity index (χ1n) is 8.22. The normalized spacial score (nSPS) is 13.8. The first kappa shape index (κ1) is 21.8. The molecule has 0 bridgehead atoms. The Kier molecular flexibility index (Phi) is 7.88. The van der Waals surface area contributed by atoms with E-state index in [1.54, 1.807) is 7.05 Å². The van der Waals surface area contributed by atoms with E-state index < -0.39 is 6.36 Å². The first-order chi connectivity index (χ1) is 12.0. The van der Waals surface area contributed by atoms with Crippen molar-refractivity contribution in [1.82, 2.24) is 5.32 Å². The number of ether oxygens (including phenoxy) is 1. The summed E-state index contributed by atoms with van der Waals surface area (Å²) >= 11 is 0. The van der Waals surface area contributed by atoms with Crippen molar-refractivity contribution in [2.24, 2.45) is 5.92 Å². The van der Waals surface area contributed by atoms with E-state index in [2.05, 4.69) is 15.4 Å². The Bertz CT molecular complexity index is 604. The molecule has 0 saturated carbocycles. The first-order valence-corrected chi connectivity index (χ1v) is 8.22. The Labute approximate surface area is 150 Å². The lowest BCUT2D eigenvalue weighted by molar-refractivity contribution is -0.862. The molecule has 6 nitrogen and oxygen atoms in total. The molecule has 0 aliphatic rings. The molecule has 2 atom stereocenters. The number of halogens is 3. The van der Waals surface area contributed by atoms with Crippen LogP contribution in [0.2, 0.25) is 0 Å². The van der Waals surface area contributed by atoms with Crippen LogP contribution in [0.4, 0.5) is 18.9 Å². The maximum absolute atomic E-state index is 12.1. The van der Waals surface area contributed by atoms with Crippen LogP contribution >= 0.6 is 0 Å². The number of quaternary nitrogens is 1. The van der Waals surface area contributed by atoms with Crippen molar-refractivity contribution in [3.63, 3.8) is 0 Å². The van der Waals surface area contributed by atoms with Gasteiger partial charge >= 0.3 is 6.36 Å². The monoisotopic (exact) mass is 376 g/mol. The number of hydrogen-bond donors (Lipinski definition) is 3. The maximum atomic E-state index is 12.1. The molecule has 0 aliphatic carbocycles. The Balaban J connectivity index is 2.44. The van der Waals surface area contributed by atoms with Crippen molar-refractivity contribution in [1.29, 1.82) is 0 Å². The van der Waals surface area contributed by atoms with E-state index in [-0.39, 0.29) is 36.7 Å². The quantitative estimate of drug-likeness (QED) is 0.639. The van der Waals surface area contributed by atoms with Gasteiger partial charge in [-0.3, -0.25) is 9.59 Å². The number of carbonyl (C=O) groups excluding carboxylic acids is 2. The summed E-state index contributed by atoms with van der Waals surface area (Å²) < 4.78 is 40.0. The van der Waals surface area contributed by atoms with Gasteiger partial charge in [-0.25, -0.2) is 0 Å². The summed E-state index contributed by atoms with van der Waals surface area (Å²) in [5.41, 5.74) is 0.343. The third-order valence-corrected chi connectivity index (χ3v) is 3.68. The van der Waals surface area contributed by atoms with Gasteiger partial charge in [-0.1, -0.05) is 13.8 Å². The van der Waals surface area contributed by atoms with Gasteiger partial charge in [0.25, 0.3) is 11.8 Å². The zero-order valence-corrected chi connectivity index (χ0v) is 15.2. The zero-order valence-electron chi connectivity index (χ0n) is 15.2. The summed E-state index contributed by atoms with van der Waals surface area (Å²) in [6.07, 6.45) is -4.76. The SMILES string of the molecule is CC(C)[C@H](C)NC(=O)C[NH+](C)CC(=O)Nc1ccc(OC(F)(F)F)cc1. The van der Waals surface area contributed by atoms with E-state index in [1.165, 1.54) is 12.1 Å². The second-order valence-corrected chi connectivity index (χ2v) is 6.53. The van der Waals surface area contributed by atoms with Crippen LogP contribution in [0.15, 0.2) is 24.3 Å². The van der Waals surface area contributed by atoms with Crippen molar-refractivity contribution in [3.8, 4) is 5.75 Å². The number of alkyl halides is 3. The predicted molar refractivity (Wildman–Crippen MR) is 90.8 cm³/mol. The Morgan fingerprint density at radius 1 is 1.08 bits per heavy atom. The predicted octanol–water partition coefficient (Wildman–Crippen LogP) is 1.20. The van der Waals surface area contributed by atoms with Gasteiger partial charge in [-0.05, 0) is 37.1 Å². The van der Waals surface area contributed by atoms with Crippen molar-refractivity contribution in [2.75, 3.05) is 25.5 Å². The van der Waals surface area contributed by atoms with Gasteiger partial charge in [0, 0.05) is 11.7 Å². The minimum absolute atomic E-state index is 0.0431. The van der Waals surface area contributed by atoms with E-state index in [0.29, 0.717) is 16.5 Å². The number of anilines is 1. The van der Waals surface area contributed by atoms with Crippen LogP contribution in [0.3, 0.4) is 0 Å². The van der Waals surface area contributed by atoms with Gasteiger partial charge in [0.1, 0.15) is 5.75 Å². The summed E-state index contributed by atoms with van der Waals surface area (Å²) in [4.78, 5) is 24.6. The second-order valence-electron chi connectivity index (χ2n) is 6.53. The van der Waals surface area contributed by atoms with E-state index in [1.807, 2.05) is 20.8 Å². The third-order valence-electron chi connectivity index (χ3n) is 3.68. The van der Waals surface area contributed by atoms with Gasteiger partial charge in [-0.2, -0.15) is 0 Å². The highest BCUT2D eigenvalue weighted by Gasteiger charge is 2.31. The molecule has 2 amide bonds. The van der Waals surface area contributed by atoms with Crippen LogP contribution in [-0.4, -0.2) is 44.4 Å². The molecule has 0 radical (unpaired) electrons. The average molecular weight is 376 g/mol. The van der Waals surface area contributed by atoms with Crippen molar-refractivity contribution >= 4 is 17.5 Å². The number of benzene rings is 1. The minimum Gasteiger partial charge on any atom is -0.406 e. The number of amides is 2. The van der Waals surface area contributed by atoms with E-state index in [9.17, 15) is 22.8 Å². The summed E-state index contributed by atoms with van der Waals surface area (Å²) in [6.45, 7) is 6.10. The molecule has 0 fully saturated rings. The van der Waals surface area contributed by atoms with E-state index in [4.69, 9.17) is 0 Å². The Morgan fingerprint density at radius 3 is 2.12 bits per heavy atom. The van der Waals surface area contributed by atoms with Crippen LogP contribution in [0.1, 0.15) is 20.8 Å². The molecule has 3 N–H and O–H groups in total. The lowest BCUT2D eigenvalue weighted by Crippen LogP contribution is -3.11. The summed E-state index contributed by atoms with van der Waals surface area (Å²) in [5.74, 6) is -0.553. The summed E-state index contributed by atoms with van der Waals surface area (Å²) in [6, 6.07) is 4.89. The van der Waals surface area contributed by atoms with Crippen LogP contribution in [0.5, 0.6) is 5.75 Å². The fraction of sp³-hybridized carbons (Fsp3) is 0.529. The minimum atomic E-state index is -4.76. The molecule has 0 aliphatic heterocycles. The number of likely N-dealkylation sites (N-methyl/N-ethyl adjacent to an activating group) is 1. The third kappa shape index (κ3) is 8.70. The molecule has 9 heteroatoms. The molecule has 1 unspecified atom stereocenters. The Morgan fingerprint density at radius 2 is 1.62 bits per heavy atom. The fourth-order valence-electron chi connectivity index (χ4n) is 2.03. The lowest BCUT2D eigenvalue weighted by atomic mass is 10.1. The number of nitrogens with one attached hydrogen (secondary N) is 3. The lowest BCUT2D eigenvalue weighted by Gasteiger charge is -2.19. The highest BCUT2D eigenvalue weighted by atomic mass is 19.4. The molecule has 0 aromatic heterocycles. The smallest absolute Gasteiger partial charge is 0.406 e. The van der Waals surface area contributed by atoms with Gasteiger partial charge in [0.15, 0.2) is 13.1 Å². The van der Waals surface area contributed by atoms with Crippen LogP contribution in [0.25, 0.3) is 0 Å². The van der Waals surface area contributed by atoms with Gasteiger partial charge in [0.05, 0.1) is 7.05 Å². The highest BCUT2D eigenvalue weighted by Crippen LogP contribution is 2.23. The molecular formula is C17H25F3N3O3+. The van der Waals surface area contributed by atoms with Crippen LogP contribution in [0, 0.1) is 5.92 Å². The number of rotatable bonds is 8. The zero-order chi connectivity index (χ0) is 19.9. The number of carbonyl (C=O) groups is 2. The van der Waals surface area contributed by atoms with Gasteiger partial charge < -0.3 is 20.3 Å². The molecule has 1 rings (SSSR count). The average Bonchev–Trinajstić information content (AvgIpc) is 2.47. The molecule has 26 heavy (non-hydrogen) atoms. The maximum Gasteiger partial charge on any atom is 0.573 e. The molecule has 1 aromatic carbocycles. The van der Waals surface area contributed by atoms with Crippen molar-refractivity contribution < 1.29 is 32.4 Å². The van der Waals surface area contributed by atoms with E-state index in [0.717, 1.165) is 12.1 Å². The number of hydrogen-bond acceptors (Lipinski definition) is 3. The summed E-state index contributed by atoms with van der Waals surface area (Å²) in [5, 5.41) is 5.43. The molecule has 0 saturated heterocycles. The van der Waals surface area contributed by atoms with E-state index >= 15 is 0 Å². The highest BCUT2D eigenvalue weighted by molar-refractivity contribution is 5.91. The molecule has 0 heterocycles. The van der Waals surface area contributed by atoms with Crippen LogP contribution in [-0.2, 0) is 9.59 Å². The van der Waals surface area contributed by atoms with Crippen molar-refractivity contribution in [2.45, 2.75) is 33.2 Å². The molecule has 0 spiro atoms. The largest absolute Gasteiger partial charge is 0.573 e. The van der Waals surface area contributed by atoms with Gasteiger partial charge in [0.2, 0.25) is 0 Å². The standard InChI is InChI=1S/C17H24F3N3O3/c1-11(2)12(3)21-15(24)9-23(4)10-16(25)22-13-5-7-14(8-6-13)26-17(18,19)20/h5-8,11-12H,9-10H2,1-4H3,(H,21,24)(H,22,25)/p+1/t12-/m0/s1. The van der Waals surface area contributed by atoms with Crippen molar-refractivity contribution in [3.05, 3.63) is 24.3 Å². The summed E-state index contributed by atoms with van der Waals surface area (Å²) in [7, 11) is 1.71.